The SMILES string of the molecule is COC(=O)c1ccc(-c2nnc(CC(NC(=O)OCC3c4ccccc4-c4ccccc43)C(=O)O)s2)cc1. The second-order valence-electron chi connectivity index (χ2n) is 8.63. The molecule has 2 N–H and O–H groups in total. The van der Waals surface area contributed by atoms with Crippen molar-refractivity contribution in [2.75, 3.05) is 13.7 Å². The van der Waals surface area contributed by atoms with Gasteiger partial charge in [-0.25, -0.2) is 14.4 Å². The fourth-order valence-corrected chi connectivity index (χ4v) is 5.37. The molecule has 3 aromatic carbocycles. The van der Waals surface area contributed by atoms with Gasteiger partial charge in [0.15, 0.2) is 0 Å². The third kappa shape index (κ3) is 5.12. The third-order valence-electron chi connectivity index (χ3n) is 6.33. The summed E-state index contributed by atoms with van der Waals surface area (Å²) in [5, 5.41) is 21.3. The summed E-state index contributed by atoms with van der Waals surface area (Å²) in [6, 6.07) is 21.3. The predicted octanol–water partition coefficient (Wildman–Crippen LogP) is 4.53. The number of methoxy groups -OCH3 is 1. The van der Waals surface area contributed by atoms with Crippen LogP contribution in [0.2, 0.25) is 0 Å². The van der Waals surface area contributed by atoms with Crippen LogP contribution in [0.25, 0.3) is 21.7 Å². The minimum Gasteiger partial charge on any atom is -0.480 e. The van der Waals surface area contributed by atoms with Crippen LogP contribution < -0.4 is 5.32 Å². The van der Waals surface area contributed by atoms with E-state index in [1.165, 1.54) is 18.4 Å². The number of aliphatic carboxylic acids is 1. The van der Waals surface area contributed by atoms with Crippen LogP contribution in [0.3, 0.4) is 0 Å². The van der Waals surface area contributed by atoms with E-state index in [4.69, 9.17) is 9.47 Å². The highest BCUT2D eigenvalue weighted by molar-refractivity contribution is 7.14. The summed E-state index contributed by atoms with van der Waals surface area (Å²) in [5.74, 6) is -1.79. The number of carboxylic acids is 1. The lowest BCUT2D eigenvalue weighted by Crippen LogP contribution is -2.42. The fourth-order valence-electron chi connectivity index (χ4n) is 4.48. The monoisotopic (exact) mass is 529 g/mol. The predicted molar refractivity (Wildman–Crippen MR) is 140 cm³/mol. The molecule has 1 aliphatic carbocycles. The van der Waals surface area contributed by atoms with Crippen LogP contribution in [0.15, 0.2) is 72.8 Å². The molecule has 0 saturated heterocycles. The molecule has 192 valence electrons. The molecule has 1 atom stereocenters. The number of benzene rings is 3. The van der Waals surface area contributed by atoms with Gasteiger partial charge in [-0.05, 0) is 34.4 Å². The molecule has 0 fully saturated rings. The van der Waals surface area contributed by atoms with Gasteiger partial charge in [-0.2, -0.15) is 0 Å². The summed E-state index contributed by atoms with van der Waals surface area (Å²) >= 11 is 1.20. The molecule has 1 aromatic heterocycles. The Labute approximate surface area is 222 Å². The van der Waals surface area contributed by atoms with Crippen LogP contribution in [-0.4, -0.2) is 53.1 Å². The van der Waals surface area contributed by atoms with E-state index in [0.717, 1.165) is 27.8 Å². The van der Waals surface area contributed by atoms with Gasteiger partial charge < -0.3 is 19.9 Å². The molecule has 5 rings (SSSR count). The number of rotatable bonds is 8. The molecule has 1 aliphatic rings. The molecule has 0 radical (unpaired) electrons. The first-order chi connectivity index (χ1) is 18.4. The van der Waals surface area contributed by atoms with Crippen molar-refractivity contribution in [2.45, 2.75) is 18.4 Å². The highest BCUT2D eigenvalue weighted by atomic mass is 32.1. The molecular formula is C28H23N3O6S. The van der Waals surface area contributed by atoms with Gasteiger partial charge in [-0.3, -0.25) is 0 Å². The van der Waals surface area contributed by atoms with Crippen molar-refractivity contribution in [3.8, 4) is 21.7 Å². The smallest absolute Gasteiger partial charge is 0.407 e. The maximum absolute atomic E-state index is 12.6. The van der Waals surface area contributed by atoms with E-state index >= 15 is 0 Å². The molecule has 1 amide bonds. The number of hydrogen-bond donors (Lipinski definition) is 2. The molecule has 0 spiro atoms. The number of esters is 1. The Hall–Kier alpha value is -4.57. The third-order valence-corrected chi connectivity index (χ3v) is 7.33. The maximum atomic E-state index is 12.6. The molecule has 0 saturated carbocycles. The van der Waals surface area contributed by atoms with Crippen LogP contribution in [0.5, 0.6) is 0 Å². The fraction of sp³-hybridized carbons (Fsp3) is 0.179. The zero-order valence-electron chi connectivity index (χ0n) is 20.3. The quantitative estimate of drug-likeness (QED) is 0.319. The molecule has 9 nitrogen and oxygen atoms in total. The number of carbonyl (C=O) groups excluding carboxylic acids is 2. The van der Waals surface area contributed by atoms with Crippen molar-refractivity contribution in [2.24, 2.45) is 0 Å². The van der Waals surface area contributed by atoms with E-state index in [-0.39, 0.29) is 18.9 Å². The Morgan fingerprint density at radius 3 is 2.18 bits per heavy atom. The van der Waals surface area contributed by atoms with Crippen LogP contribution in [-0.2, 0) is 20.7 Å². The lowest BCUT2D eigenvalue weighted by atomic mass is 9.98. The van der Waals surface area contributed by atoms with Gasteiger partial charge in [-0.15, -0.1) is 10.2 Å². The van der Waals surface area contributed by atoms with Gasteiger partial charge in [0.05, 0.1) is 12.7 Å². The van der Waals surface area contributed by atoms with Gasteiger partial charge in [0.25, 0.3) is 0 Å². The molecule has 0 aliphatic heterocycles. The Bertz CT molecular complexity index is 1450. The van der Waals surface area contributed by atoms with E-state index in [1.807, 2.05) is 48.5 Å². The highest BCUT2D eigenvalue weighted by Crippen LogP contribution is 2.44. The number of aromatic nitrogens is 2. The number of ether oxygens (including phenoxy) is 2. The van der Waals surface area contributed by atoms with Crippen LogP contribution >= 0.6 is 11.3 Å². The average Bonchev–Trinajstić information content (AvgIpc) is 3.54. The second-order valence-corrected chi connectivity index (χ2v) is 9.70. The summed E-state index contributed by atoms with van der Waals surface area (Å²) in [7, 11) is 1.31. The Morgan fingerprint density at radius 2 is 1.58 bits per heavy atom. The van der Waals surface area contributed by atoms with Crippen molar-refractivity contribution in [3.05, 3.63) is 94.5 Å². The molecule has 10 heteroatoms. The Morgan fingerprint density at radius 1 is 0.947 bits per heavy atom. The summed E-state index contributed by atoms with van der Waals surface area (Å²) in [4.78, 5) is 36.1. The zero-order valence-corrected chi connectivity index (χ0v) is 21.1. The zero-order chi connectivity index (χ0) is 26.6. The van der Waals surface area contributed by atoms with E-state index in [1.54, 1.807) is 24.3 Å². The van der Waals surface area contributed by atoms with Crippen LogP contribution in [0.1, 0.15) is 32.4 Å². The first kappa shape index (κ1) is 25.1. The summed E-state index contributed by atoms with van der Waals surface area (Å²) in [5.41, 5.74) is 5.46. The molecule has 38 heavy (non-hydrogen) atoms. The van der Waals surface area contributed by atoms with E-state index in [9.17, 15) is 19.5 Å². The second kappa shape index (κ2) is 10.8. The molecule has 1 unspecified atom stereocenters. The molecule has 4 aromatic rings. The standard InChI is InChI=1S/C28H23N3O6S/c1-36-27(34)17-12-10-16(11-13-17)25-31-30-24(38-25)14-23(26(32)33)29-28(35)37-15-22-20-8-4-2-6-18(20)19-7-3-5-9-21(19)22/h2-13,22-23H,14-15H2,1H3,(H,29,35)(H,32,33). The van der Waals surface area contributed by atoms with E-state index in [0.29, 0.717) is 15.6 Å². The lowest BCUT2D eigenvalue weighted by molar-refractivity contribution is -0.139. The van der Waals surface area contributed by atoms with Crippen molar-refractivity contribution < 1.29 is 29.0 Å². The Balaban J connectivity index is 1.22. The first-order valence-electron chi connectivity index (χ1n) is 11.8. The van der Waals surface area contributed by atoms with E-state index in [2.05, 4.69) is 15.5 Å². The highest BCUT2D eigenvalue weighted by Gasteiger charge is 2.30. The van der Waals surface area contributed by atoms with Gasteiger partial charge in [-0.1, -0.05) is 72.0 Å². The minimum atomic E-state index is -1.24. The van der Waals surface area contributed by atoms with Crippen molar-refractivity contribution in [3.63, 3.8) is 0 Å². The number of nitrogens with one attached hydrogen (secondary N) is 1. The average molecular weight is 530 g/mol. The van der Waals surface area contributed by atoms with Crippen molar-refractivity contribution in [1.82, 2.24) is 15.5 Å². The number of carbonyl (C=O) groups is 3. The minimum absolute atomic E-state index is 0.0581. The van der Waals surface area contributed by atoms with Crippen LogP contribution in [0, 0.1) is 0 Å². The van der Waals surface area contributed by atoms with E-state index < -0.39 is 24.1 Å². The molecule has 1 heterocycles. The number of nitrogens with zero attached hydrogens (tertiary/aromatic N) is 2. The summed E-state index contributed by atoms with van der Waals surface area (Å²) in [6.07, 6.45) is -0.875. The van der Waals surface area contributed by atoms with Gasteiger partial charge in [0.2, 0.25) is 0 Å². The number of amides is 1. The summed E-state index contributed by atoms with van der Waals surface area (Å²) in [6.45, 7) is 0.0801. The van der Waals surface area contributed by atoms with Crippen molar-refractivity contribution in [1.29, 1.82) is 0 Å². The van der Waals surface area contributed by atoms with Crippen molar-refractivity contribution >= 4 is 29.4 Å². The summed E-state index contributed by atoms with van der Waals surface area (Å²) < 4.78 is 10.2. The number of hydrogen-bond acceptors (Lipinski definition) is 8. The molecular weight excluding hydrogens is 506 g/mol. The largest absolute Gasteiger partial charge is 0.480 e. The number of fused-ring (bicyclic) bond motifs is 3. The lowest BCUT2D eigenvalue weighted by Gasteiger charge is -2.17. The maximum Gasteiger partial charge on any atom is 0.407 e. The van der Waals surface area contributed by atoms with Gasteiger partial charge in [0.1, 0.15) is 22.7 Å². The Kier molecular flexibility index (Phi) is 7.14. The molecule has 0 bridgehead atoms. The number of alkyl carbamates (subject to hydrolysis) is 1. The first-order valence-corrected chi connectivity index (χ1v) is 12.6. The normalized spacial score (nSPS) is 12.8. The number of carboxylic acid groups (broad SMARTS) is 1. The topological polar surface area (TPSA) is 128 Å². The van der Waals surface area contributed by atoms with Gasteiger partial charge >= 0.3 is 18.0 Å². The van der Waals surface area contributed by atoms with Gasteiger partial charge in [0, 0.05) is 17.9 Å². The van der Waals surface area contributed by atoms with Crippen LogP contribution in [0.4, 0.5) is 4.79 Å².